The summed E-state index contributed by atoms with van der Waals surface area (Å²) < 4.78 is 3.68. The molecule has 0 aliphatic heterocycles. The van der Waals surface area contributed by atoms with Gasteiger partial charge < -0.3 is 0 Å². The van der Waals surface area contributed by atoms with E-state index in [1.807, 2.05) is 12.1 Å². The van der Waals surface area contributed by atoms with Crippen LogP contribution < -0.4 is 0 Å². The molecule has 0 N–H and O–H groups in total. The molecule has 0 fully saturated rings. The van der Waals surface area contributed by atoms with Crippen molar-refractivity contribution in [2.24, 2.45) is 0 Å². The van der Waals surface area contributed by atoms with Crippen LogP contribution in [0.1, 0.15) is 27.7 Å². The van der Waals surface area contributed by atoms with Crippen LogP contribution in [0.5, 0.6) is 0 Å². The van der Waals surface area contributed by atoms with Crippen molar-refractivity contribution in [2.75, 3.05) is 0 Å². The molecule has 0 spiro atoms. The minimum atomic E-state index is 0.0826. The first-order chi connectivity index (χ1) is 7.79. The zero-order valence-corrected chi connectivity index (χ0v) is 9.83. The number of aryl methyl sites for hydroxylation is 1. The van der Waals surface area contributed by atoms with E-state index in [1.54, 1.807) is 0 Å². The first-order valence-corrected chi connectivity index (χ1v) is 5.95. The average molecular weight is 232 g/mol. The summed E-state index contributed by atoms with van der Waals surface area (Å²) in [5, 5.41) is 3.66. The van der Waals surface area contributed by atoms with Crippen molar-refractivity contribution in [2.45, 2.75) is 19.8 Å². The van der Waals surface area contributed by atoms with Crippen molar-refractivity contribution in [3.05, 3.63) is 46.5 Å². The number of carbonyl (C=O) groups is 1. The van der Waals surface area contributed by atoms with Gasteiger partial charge in [-0.3, -0.25) is 4.79 Å². The molecule has 0 unspecified atom stereocenters. The maximum atomic E-state index is 11.8. The molecule has 0 saturated carbocycles. The maximum absolute atomic E-state index is 11.8. The van der Waals surface area contributed by atoms with Crippen LogP contribution in [0.15, 0.2) is 30.5 Å². The van der Waals surface area contributed by atoms with Gasteiger partial charge in [0, 0.05) is 6.42 Å². The highest BCUT2D eigenvalue weighted by atomic mass is 32.1. The van der Waals surface area contributed by atoms with E-state index in [0.29, 0.717) is 11.3 Å². The first kappa shape index (κ1) is 11.0. The monoisotopic (exact) mass is 232 g/mol. The van der Waals surface area contributed by atoms with Crippen molar-refractivity contribution in [3.8, 4) is 0 Å². The van der Waals surface area contributed by atoms with E-state index in [2.05, 4.69) is 28.6 Å². The first-order valence-electron chi connectivity index (χ1n) is 5.18. The van der Waals surface area contributed by atoms with Crippen molar-refractivity contribution in [3.63, 3.8) is 0 Å². The minimum Gasteiger partial charge on any atom is -0.293 e. The minimum absolute atomic E-state index is 0.0826. The van der Waals surface area contributed by atoms with Gasteiger partial charge in [-0.2, -0.15) is 0 Å². The molecule has 1 aromatic heterocycles. The Hall–Kier alpha value is -1.55. The second-order valence-corrected chi connectivity index (χ2v) is 4.34. The Labute approximate surface area is 98.3 Å². The molecule has 1 aromatic carbocycles. The Morgan fingerprint density at radius 3 is 2.50 bits per heavy atom. The van der Waals surface area contributed by atoms with Crippen molar-refractivity contribution >= 4 is 17.3 Å². The normalized spacial score (nSPS) is 10.3. The van der Waals surface area contributed by atoms with Crippen molar-refractivity contribution in [1.29, 1.82) is 0 Å². The SMILES string of the molecule is CCc1ccc(CC(=O)c2cnns2)cc1. The summed E-state index contributed by atoms with van der Waals surface area (Å²) >= 11 is 1.15. The molecule has 1 heterocycles. The van der Waals surface area contributed by atoms with Gasteiger partial charge in [-0.25, -0.2) is 0 Å². The Morgan fingerprint density at radius 2 is 1.94 bits per heavy atom. The fourth-order valence-corrected chi connectivity index (χ4v) is 1.91. The van der Waals surface area contributed by atoms with E-state index in [4.69, 9.17) is 0 Å². The summed E-state index contributed by atoms with van der Waals surface area (Å²) in [6.45, 7) is 2.11. The van der Waals surface area contributed by atoms with Gasteiger partial charge in [-0.15, -0.1) is 5.10 Å². The fraction of sp³-hybridized carbons (Fsp3) is 0.250. The molecule has 0 bridgehead atoms. The van der Waals surface area contributed by atoms with E-state index in [1.165, 1.54) is 11.8 Å². The van der Waals surface area contributed by atoms with Crippen LogP contribution >= 0.6 is 11.5 Å². The lowest BCUT2D eigenvalue weighted by Crippen LogP contribution is -2.01. The van der Waals surface area contributed by atoms with Gasteiger partial charge in [-0.05, 0) is 29.1 Å². The lowest BCUT2D eigenvalue weighted by molar-refractivity contribution is 0.0996. The van der Waals surface area contributed by atoms with Crippen LogP contribution in [-0.4, -0.2) is 15.4 Å². The number of benzene rings is 1. The van der Waals surface area contributed by atoms with Crippen LogP contribution in [0, 0.1) is 0 Å². The number of Topliss-reactive ketones (excluding diaryl/α,β-unsaturated/α-hetero) is 1. The van der Waals surface area contributed by atoms with Crippen LogP contribution in [-0.2, 0) is 12.8 Å². The summed E-state index contributed by atoms with van der Waals surface area (Å²) in [6.07, 6.45) is 2.97. The van der Waals surface area contributed by atoms with Crippen LogP contribution in [0.3, 0.4) is 0 Å². The highest BCUT2D eigenvalue weighted by molar-refractivity contribution is 7.07. The van der Waals surface area contributed by atoms with Crippen molar-refractivity contribution in [1.82, 2.24) is 9.59 Å². The Morgan fingerprint density at radius 1 is 1.25 bits per heavy atom. The van der Waals surface area contributed by atoms with E-state index in [0.717, 1.165) is 23.5 Å². The van der Waals surface area contributed by atoms with E-state index < -0.39 is 0 Å². The Bertz CT molecular complexity index is 462. The predicted octanol–water partition coefficient (Wildman–Crippen LogP) is 2.53. The van der Waals surface area contributed by atoms with Crippen LogP contribution in [0.2, 0.25) is 0 Å². The van der Waals surface area contributed by atoms with Crippen LogP contribution in [0.4, 0.5) is 0 Å². The van der Waals surface area contributed by atoms with Gasteiger partial charge in [0.25, 0.3) is 0 Å². The molecule has 0 radical (unpaired) electrons. The van der Waals surface area contributed by atoms with Gasteiger partial charge in [-0.1, -0.05) is 35.7 Å². The third kappa shape index (κ3) is 2.52. The molecular weight excluding hydrogens is 220 g/mol. The fourth-order valence-electron chi connectivity index (χ4n) is 1.46. The summed E-state index contributed by atoms with van der Waals surface area (Å²) in [6, 6.07) is 8.14. The highest BCUT2D eigenvalue weighted by Crippen LogP contribution is 2.10. The second-order valence-electron chi connectivity index (χ2n) is 3.55. The third-order valence-electron chi connectivity index (χ3n) is 2.43. The van der Waals surface area contributed by atoms with E-state index in [-0.39, 0.29) is 5.78 Å². The number of nitrogens with zero attached hydrogens (tertiary/aromatic N) is 2. The Balaban J connectivity index is 2.06. The van der Waals surface area contributed by atoms with E-state index >= 15 is 0 Å². The third-order valence-corrected chi connectivity index (χ3v) is 3.14. The average Bonchev–Trinajstić information content (AvgIpc) is 2.83. The van der Waals surface area contributed by atoms with Gasteiger partial charge in [0.2, 0.25) is 0 Å². The standard InChI is InChI=1S/C12H12N2OS/c1-2-9-3-5-10(6-4-9)7-11(15)12-8-13-14-16-12/h3-6,8H,2,7H2,1H3. The van der Waals surface area contributed by atoms with Gasteiger partial charge in [0.1, 0.15) is 4.88 Å². The Kier molecular flexibility index (Phi) is 3.41. The van der Waals surface area contributed by atoms with E-state index in [9.17, 15) is 4.79 Å². The maximum Gasteiger partial charge on any atom is 0.180 e. The molecule has 16 heavy (non-hydrogen) atoms. The van der Waals surface area contributed by atoms with Gasteiger partial charge in [0.05, 0.1) is 6.20 Å². The number of hydrogen-bond acceptors (Lipinski definition) is 4. The zero-order chi connectivity index (χ0) is 11.4. The number of ketones is 1. The van der Waals surface area contributed by atoms with Crippen LogP contribution in [0.25, 0.3) is 0 Å². The largest absolute Gasteiger partial charge is 0.293 e. The molecule has 0 aliphatic carbocycles. The smallest absolute Gasteiger partial charge is 0.180 e. The summed E-state index contributed by atoms with van der Waals surface area (Å²) in [5.41, 5.74) is 2.33. The second kappa shape index (κ2) is 4.99. The molecule has 4 heteroatoms. The number of hydrogen-bond donors (Lipinski definition) is 0. The predicted molar refractivity (Wildman–Crippen MR) is 63.8 cm³/mol. The molecule has 82 valence electrons. The molecule has 0 aliphatic rings. The molecule has 0 atom stereocenters. The van der Waals surface area contributed by atoms with Gasteiger partial charge >= 0.3 is 0 Å². The lowest BCUT2D eigenvalue weighted by atomic mass is 10.1. The molecule has 3 nitrogen and oxygen atoms in total. The number of carbonyl (C=O) groups excluding carboxylic acids is 1. The molecular formula is C12H12N2OS. The molecule has 0 amide bonds. The summed E-state index contributed by atoms with van der Waals surface area (Å²) in [7, 11) is 0. The highest BCUT2D eigenvalue weighted by Gasteiger charge is 2.09. The number of aromatic nitrogens is 2. The summed E-state index contributed by atoms with van der Waals surface area (Å²) in [5.74, 6) is 0.0826. The zero-order valence-electron chi connectivity index (χ0n) is 9.01. The van der Waals surface area contributed by atoms with Crippen molar-refractivity contribution < 1.29 is 4.79 Å². The quantitative estimate of drug-likeness (QED) is 0.761. The molecule has 2 aromatic rings. The molecule has 0 saturated heterocycles. The van der Waals surface area contributed by atoms with Gasteiger partial charge in [0.15, 0.2) is 5.78 Å². The lowest BCUT2D eigenvalue weighted by Gasteiger charge is -2.00. The molecule has 2 rings (SSSR count). The topological polar surface area (TPSA) is 42.9 Å². The number of rotatable bonds is 4. The summed E-state index contributed by atoms with van der Waals surface area (Å²) in [4.78, 5) is 12.4.